The van der Waals surface area contributed by atoms with Crippen molar-refractivity contribution in [1.29, 1.82) is 0 Å². The minimum atomic E-state index is 0. The Morgan fingerprint density at radius 2 is 1.79 bits per heavy atom. The maximum Gasteiger partial charge on any atom is 0.254 e. The average Bonchev–Trinajstić information content (AvgIpc) is 2.04. The molecule has 0 atom stereocenters. The van der Waals surface area contributed by atoms with Crippen LogP contribution in [0.5, 0.6) is 5.75 Å². The van der Waals surface area contributed by atoms with E-state index in [2.05, 4.69) is 0 Å². The van der Waals surface area contributed by atoms with Crippen molar-refractivity contribution in [2.75, 3.05) is 0 Å². The Balaban J connectivity index is 0.000000845. The molecule has 71 valence electrons. The monoisotopic (exact) mass is 314 g/mol. The van der Waals surface area contributed by atoms with E-state index in [9.17, 15) is 5.11 Å². The van der Waals surface area contributed by atoms with E-state index in [4.69, 9.17) is 0 Å². The first-order chi connectivity index (χ1) is 5.79. The van der Waals surface area contributed by atoms with Gasteiger partial charge in [-0.25, -0.2) is 0 Å². The number of phenols is 1. The Labute approximate surface area is 112 Å². The van der Waals surface area contributed by atoms with Gasteiger partial charge in [0.25, 0.3) is 5.52 Å². The van der Waals surface area contributed by atoms with Gasteiger partial charge < -0.3 is 12.5 Å². The number of aromatic nitrogens is 1. The van der Waals surface area contributed by atoms with Gasteiger partial charge in [-0.1, -0.05) is 6.07 Å². The summed E-state index contributed by atoms with van der Waals surface area (Å²) in [5.74, 6) is 0.329. The molecule has 0 spiro atoms. The molecule has 1 radical (unpaired) electrons. The molecular weight excluding hydrogens is 301 g/mol. The summed E-state index contributed by atoms with van der Waals surface area (Å²) < 4.78 is 1.91. The van der Waals surface area contributed by atoms with E-state index in [1.165, 1.54) is 0 Å². The van der Waals surface area contributed by atoms with Gasteiger partial charge >= 0.3 is 0 Å². The molecule has 3 heteroatoms. The van der Waals surface area contributed by atoms with Crippen LogP contribution in [0.2, 0.25) is 0 Å². The SMILES string of the molecule is C[n+]1cccc2cccc(O)c21.[CH3-].[La]. The van der Waals surface area contributed by atoms with Gasteiger partial charge in [0.15, 0.2) is 11.9 Å². The van der Waals surface area contributed by atoms with Crippen molar-refractivity contribution in [3.63, 3.8) is 0 Å². The second-order valence-corrected chi connectivity index (χ2v) is 2.83. The molecule has 0 bridgehead atoms. The summed E-state index contributed by atoms with van der Waals surface area (Å²) in [5.41, 5.74) is 0.875. The Hall–Kier alpha value is -0.375. The molecule has 0 aliphatic carbocycles. The predicted molar refractivity (Wildman–Crippen MR) is 53.2 cm³/mol. The second-order valence-electron chi connectivity index (χ2n) is 2.83. The molecule has 2 aromatic rings. The zero-order valence-electron chi connectivity index (χ0n) is 8.44. The Kier molecular flexibility index (Phi) is 5.35. The molecule has 0 aliphatic rings. The van der Waals surface area contributed by atoms with E-state index in [0.29, 0.717) is 5.75 Å². The number of fused-ring (bicyclic) bond motifs is 1. The van der Waals surface area contributed by atoms with Crippen LogP contribution in [0, 0.1) is 43.0 Å². The van der Waals surface area contributed by atoms with Crippen molar-refractivity contribution < 1.29 is 45.3 Å². The predicted octanol–water partition coefficient (Wildman–Crippen LogP) is 1.82. The number of aromatic hydroxyl groups is 1. The fourth-order valence-electron chi connectivity index (χ4n) is 1.42. The van der Waals surface area contributed by atoms with Gasteiger partial charge in [-0.3, -0.25) is 0 Å². The molecule has 0 amide bonds. The van der Waals surface area contributed by atoms with Crippen LogP contribution < -0.4 is 4.57 Å². The fourth-order valence-corrected chi connectivity index (χ4v) is 1.42. The van der Waals surface area contributed by atoms with E-state index in [1.54, 1.807) is 6.07 Å². The number of pyridine rings is 1. The van der Waals surface area contributed by atoms with Crippen LogP contribution in [-0.2, 0) is 7.05 Å². The number of phenolic OH excluding ortho intramolecular Hbond substituents is 1. The third-order valence-corrected chi connectivity index (χ3v) is 1.98. The summed E-state index contributed by atoms with van der Waals surface area (Å²) >= 11 is 0. The van der Waals surface area contributed by atoms with E-state index in [1.807, 2.05) is 42.1 Å². The quantitative estimate of drug-likeness (QED) is 0.582. The Morgan fingerprint density at radius 1 is 1.14 bits per heavy atom. The molecule has 0 saturated carbocycles. The molecule has 2 nitrogen and oxygen atoms in total. The first-order valence-corrected chi connectivity index (χ1v) is 3.85. The number of rotatable bonds is 0. The molecule has 1 aromatic carbocycles. The number of benzene rings is 1. The molecule has 0 saturated heterocycles. The van der Waals surface area contributed by atoms with Crippen LogP contribution in [0.15, 0.2) is 36.5 Å². The maximum absolute atomic E-state index is 9.53. The number of hydrogen-bond donors (Lipinski definition) is 1. The van der Waals surface area contributed by atoms with E-state index >= 15 is 0 Å². The zero-order valence-corrected chi connectivity index (χ0v) is 12.1. The van der Waals surface area contributed by atoms with Crippen LogP contribution in [0.3, 0.4) is 0 Å². The average molecular weight is 314 g/mol. The van der Waals surface area contributed by atoms with Crippen LogP contribution in [0.25, 0.3) is 10.9 Å². The third kappa shape index (κ3) is 2.35. The Bertz CT molecular complexity index is 392. The van der Waals surface area contributed by atoms with Gasteiger partial charge in [0.2, 0.25) is 0 Å². The van der Waals surface area contributed by atoms with Crippen molar-refractivity contribution in [2.24, 2.45) is 7.05 Å². The minimum Gasteiger partial charge on any atom is -0.502 e. The van der Waals surface area contributed by atoms with Gasteiger partial charge in [-0.15, -0.1) is 0 Å². The zero-order chi connectivity index (χ0) is 8.55. The molecule has 14 heavy (non-hydrogen) atoms. The maximum atomic E-state index is 9.53. The summed E-state index contributed by atoms with van der Waals surface area (Å²) in [5, 5.41) is 10.6. The van der Waals surface area contributed by atoms with Crippen molar-refractivity contribution >= 4 is 10.9 Å². The van der Waals surface area contributed by atoms with Crippen molar-refractivity contribution in [3.8, 4) is 5.75 Å². The van der Waals surface area contributed by atoms with Crippen LogP contribution >= 0.6 is 0 Å². The fraction of sp³-hybridized carbons (Fsp3) is 0.0909. The van der Waals surface area contributed by atoms with Crippen LogP contribution in [0.4, 0.5) is 0 Å². The summed E-state index contributed by atoms with van der Waals surface area (Å²) in [6.45, 7) is 0. The molecule has 1 heterocycles. The number of nitrogens with zero attached hydrogens (tertiary/aromatic N) is 1. The first-order valence-electron chi connectivity index (χ1n) is 3.85. The smallest absolute Gasteiger partial charge is 0.254 e. The van der Waals surface area contributed by atoms with E-state index < -0.39 is 0 Å². The van der Waals surface area contributed by atoms with Gasteiger partial charge in [-0.05, 0) is 18.2 Å². The summed E-state index contributed by atoms with van der Waals surface area (Å²) in [4.78, 5) is 0. The van der Waals surface area contributed by atoms with Crippen LogP contribution in [-0.4, -0.2) is 5.11 Å². The molecular formula is C11H13LaNO. The minimum absolute atomic E-state index is 0. The largest absolute Gasteiger partial charge is 0.502 e. The van der Waals surface area contributed by atoms with Crippen LogP contribution in [0.1, 0.15) is 0 Å². The number of para-hydroxylation sites is 1. The molecule has 2 rings (SSSR count). The molecule has 1 aromatic heterocycles. The molecule has 1 N–H and O–H groups in total. The third-order valence-electron chi connectivity index (χ3n) is 1.98. The van der Waals surface area contributed by atoms with Gasteiger partial charge in [0.05, 0.1) is 5.39 Å². The Morgan fingerprint density at radius 3 is 2.43 bits per heavy atom. The number of hydrogen-bond acceptors (Lipinski definition) is 1. The molecule has 0 fully saturated rings. The van der Waals surface area contributed by atoms with Gasteiger partial charge in [0, 0.05) is 41.7 Å². The van der Waals surface area contributed by atoms with E-state index in [0.717, 1.165) is 10.9 Å². The standard InChI is InChI=1S/C10H9NO.CH3.La/c1-11-7-3-5-8-4-2-6-9(12)10(8)11;;/h2-7H,1H3;1H3;/q;-1;/p+1. The summed E-state index contributed by atoms with van der Waals surface area (Å²) in [6, 6.07) is 9.46. The molecule has 0 aliphatic heterocycles. The topological polar surface area (TPSA) is 24.1 Å². The molecule has 0 unspecified atom stereocenters. The summed E-state index contributed by atoms with van der Waals surface area (Å²) in [6.07, 6.45) is 1.92. The second kappa shape index (κ2) is 5.49. The van der Waals surface area contributed by atoms with Crippen molar-refractivity contribution in [1.82, 2.24) is 0 Å². The summed E-state index contributed by atoms with van der Waals surface area (Å²) in [7, 11) is 1.92. The van der Waals surface area contributed by atoms with E-state index in [-0.39, 0.29) is 43.0 Å². The van der Waals surface area contributed by atoms with Gasteiger partial charge in [-0.2, -0.15) is 4.57 Å². The van der Waals surface area contributed by atoms with Crippen molar-refractivity contribution in [2.45, 2.75) is 0 Å². The van der Waals surface area contributed by atoms with Crippen molar-refractivity contribution in [3.05, 3.63) is 44.0 Å². The normalized spacial score (nSPS) is 8.93. The van der Waals surface area contributed by atoms with Gasteiger partial charge in [0.1, 0.15) is 7.05 Å². The first kappa shape index (κ1) is 13.6. The number of aryl methyl sites for hydroxylation is 1.